The largest absolute Gasteiger partial charge is 0.409 e. The Hall–Kier alpha value is -1.59. The summed E-state index contributed by atoms with van der Waals surface area (Å²) >= 11 is 0. The minimum Gasteiger partial charge on any atom is -0.409 e. The van der Waals surface area contributed by atoms with Gasteiger partial charge >= 0.3 is 0 Å². The number of oxime groups is 1. The highest BCUT2D eigenvalue weighted by atomic mass is 16.4. The summed E-state index contributed by atoms with van der Waals surface area (Å²) in [4.78, 5) is 4.81. The van der Waals surface area contributed by atoms with Crippen LogP contribution in [0.25, 0.3) is 0 Å². The summed E-state index contributed by atoms with van der Waals surface area (Å²) in [5.74, 6) is 0.156. The van der Waals surface area contributed by atoms with Crippen molar-refractivity contribution in [1.82, 2.24) is 9.80 Å². The summed E-state index contributed by atoms with van der Waals surface area (Å²) in [6.07, 6.45) is 2.46. The number of nitrogens with zero attached hydrogens (tertiary/aromatic N) is 3. The van der Waals surface area contributed by atoms with Crippen molar-refractivity contribution in [3.63, 3.8) is 0 Å². The SMILES string of the molecule is CN(C)C1CCN(Cc2ccc(/C(N)=N/O)cc2)CC1. The van der Waals surface area contributed by atoms with Crippen molar-refractivity contribution in [2.45, 2.75) is 25.4 Å². The van der Waals surface area contributed by atoms with Gasteiger partial charge in [0.15, 0.2) is 5.84 Å². The van der Waals surface area contributed by atoms with Gasteiger partial charge in [-0.25, -0.2) is 0 Å². The zero-order chi connectivity index (χ0) is 14.5. The maximum Gasteiger partial charge on any atom is 0.170 e. The molecule has 110 valence electrons. The van der Waals surface area contributed by atoms with E-state index in [1.165, 1.54) is 18.4 Å². The van der Waals surface area contributed by atoms with Gasteiger partial charge in [0, 0.05) is 18.2 Å². The van der Waals surface area contributed by atoms with Gasteiger partial charge < -0.3 is 15.8 Å². The van der Waals surface area contributed by atoms with Crippen molar-refractivity contribution in [3.8, 4) is 0 Å². The standard InChI is InChI=1S/C15H24N4O/c1-18(2)14-7-9-19(10-8-14)11-12-3-5-13(6-4-12)15(16)17-20/h3-6,14,20H,7-11H2,1-2H3,(H2,16,17). The molecule has 0 atom stereocenters. The third-order valence-corrected chi connectivity index (χ3v) is 4.05. The summed E-state index contributed by atoms with van der Waals surface area (Å²) in [7, 11) is 4.32. The molecular weight excluding hydrogens is 252 g/mol. The molecule has 1 aliphatic rings. The maximum absolute atomic E-state index is 8.64. The number of amidine groups is 1. The Morgan fingerprint density at radius 3 is 2.40 bits per heavy atom. The molecule has 1 saturated heterocycles. The number of rotatable bonds is 4. The molecule has 0 aromatic heterocycles. The first-order valence-corrected chi connectivity index (χ1v) is 7.06. The number of nitrogens with two attached hydrogens (primary N) is 1. The minimum absolute atomic E-state index is 0.156. The van der Waals surface area contributed by atoms with Crippen LogP contribution in [0.15, 0.2) is 29.4 Å². The van der Waals surface area contributed by atoms with Gasteiger partial charge in [-0.2, -0.15) is 0 Å². The van der Waals surface area contributed by atoms with Crippen LogP contribution in [-0.4, -0.2) is 54.1 Å². The summed E-state index contributed by atoms with van der Waals surface area (Å²) in [6, 6.07) is 8.61. The second-order valence-electron chi connectivity index (χ2n) is 5.65. The lowest BCUT2D eigenvalue weighted by atomic mass is 10.0. The second kappa shape index (κ2) is 6.72. The highest BCUT2D eigenvalue weighted by Crippen LogP contribution is 2.16. The molecule has 2 rings (SSSR count). The van der Waals surface area contributed by atoms with Crippen molar-refractivity contribution in [1.29, 1.82) is 0 Å². The molecule has 1 fully saturated rings. The van der Waals surface area contributed by atoms with Gasteiger partial charge in [-0.3, -0.25) is 4.90 Å². The first-order chi connectivity index (χ1) is 9.60. The van der Waals surface area contributed by atoms with Crippen LogP contribution in [0.2, 0.25) is 0 Å². The van der Waals surface area contributed by atoms with Crippen LogP contribution in [0.3, 0.4) is 0 Å². The van der Waals surface area contributed by atoms with E-state index in [9.17, 15) is 0 Å². The summed E-state index contributed by atoms with van der Waals surface area (Å²) in [5.41, 5.74) is 7.58. The van der Waals surface area contributed by atoms with Crippen molar-refractivity contribution in [3.05, 3.63) is 35.4 Å². The average Bonchev–Trinajstić information content (AvgIpc) is 2.48. The summed E-state index contributed by atoms with van der Waals surface area (Å²) < 4.78 is 0. The zero-order valence-corrected chi connectivity index (χ0v) is 12.3. The van der Waals surface area contributed by atoms with Gasteiger partial charge in [-0.15, -0.1) is 0 Å². The minimum atomic E-state index is 0.156. The lowest BCUT2D eigenvalue weighted by Gasteiger charge is -2.35. The van der Waals surface area contributed by atoms with Crippen LogP contribution in [0.1, 0.15) is 24.0 Å². The van der Waals surface area contributed by atoms with Gasteiger partial charge in [-0.1, -0.05) is 29.4 Å². The Morgan fingerprint density at radius 1 is 1.30 bits per heavy atom. The fourth-order valence-corrected chi connectivity index (χ4v) is 2.69. The number of benzene rings is 1. The molecule has 3 N–H and O–H groups in total. The van der Waals surface area contributed by atoms with Gasteiger partial charge in [0.25, 0.3) is 0 Å². The Kier molecular flexibility index (Phi) is 4.98. The summed E-state index contributed by atoms with van der Waals surface area (Å²) in [6.45, 7) is 3.26. The quantitative estimate of drug-likeness (QED) is 0.377. The van der Waals surface area contributed by atoms with Crippen molar-refractivity contribution >= 4 is 5.84 Å². The molecule has 0 unspecified atom stereocenters. The normalized spacial score (nSPS) is 18.6. The van der Waals surface area contributed by atoms with E-state index in [0.29, 0.717) is 6.04 Å². The van der Waals surface area contributed by atoms with E-state index in [1.54, 1.807) is 0 Å². The predicted molar refractivity (Wildman–Crippen MR) is 80.9 cm³/mol. The number of likely N-dealkylation sites (tertiary alicyclic amines) is 1. The Balaban J connectivity index is 1.88. The first kappa shape index (κ1) is 14.8. The van der Waals surface area contributed by atoms with Crippen molar-refractivity contribution in [2.75, 3.05) is 27.2 Å². The Bertz CT molecular complexity index is 447. The van der Waals surface area contributed by atoms with Gasteiger partial charge in [0.2, 0.25) is 0 Å². The first-order valence-electron chi connectivity index (χ1n) is 7.06. The molecule has 1 aromatic carbocycles. The van der Waals surface area contributed by atoms with E-state index < -0.39 is 0 Å². The molecule has 1 aliphatic heterocycles. The fraction of sp³-hybridized carbons (Fsp3) is 0.533. The lowest BCUT2D eigenvalue weighted by Crippen LogP contribution is -2.41. The monoisotopic (exact) mass is 276 g/mol. The Labute approximate surface area is 120 Å². The number of piperidine rings is 1. The molecular formula is C15H24N4O. The number of hydrogen-bond donors (Lipinski definition) is 2. The van der Waals surface area contributed by atoms with E-state index in [0.717, 1.165) is 25.2 Å². The van der Waals surface area contributed by atoms with E-state index >= 15 is 0 Å². The highest BCUT2D eigenvalue weighted by Gasteiger charge is 2.20. The summed E-state index contributed by atoms with van der Waals surface area (Å²) in [5, 5.41) is 11.6. The van der Waals surface area contributed by atoms with E-state index in [2.05, 4.69) is 29.1 Å². The van der Waals surface area contributed by atoms with Gasteiger partial charge in [0.1, 0.15) is 0 Å². The molecule has 0 spiro atoms. The molecule has 0 saturated carbocycles. The molecule has 5 nitrogen and oxygen atoms in total. The van der Waals surface area contributed by atoms with Crippen LogP contribution < -0.4 is 5.73 Å². The average molecular weight is 276 g/mol. The second-order valence-corrected chi connectivity index (χ2v) is 5.65. The predicted octanol–water partition coefficient (Wildman–Crippen LogP) is 1.31. The van der Waals surface area contributed by atoms with E-state index in [4.69, 9.17) is 10.9 Å². The van der Waals surface area contributed by atoms with Crippen LogP contribution >= 0.6 is 0 Å². The molecule has 1 heterocycles. The van der Waals surface area contributed by atoms with Crippen LogP contribution in [0.5, 0.6) is 0 Å². The molecule has 0 aliphatic carbocycles. The van der Waals surface area contributed by atoms with Crippen LogP contribution in [-0.2, 0) is 6.54 Å². The number of hydrogen-bond acceptors (Lipinski definition) is 4. The topological polar surface area (TPSA) is 65.1 Å². The van der Waals surface area contributed by atoms with Gasteiger partial charge in [-0.05, 0) is 45.6 Å². The molecule has 0 bridgehead atoms. The van der Waals surface area contributed by atoms with E-state index in [-0.39, 0.29) is 5.84 Å². The smallest absolute Gasteiger partial charge is 0.170 e. The van der Waals surface area contributed by atoms with Gasteiger partial charge in [0.05, 0.1) is 0 Å². The van der Waals surface area contributed by atoms with Crippen LogP contribution in [0.4, 0.5) is 0 Å². The van der Waals surface area contributed by atoms with Crippen LogP contribution in [0, 0.1) is 0 Å². The fourth-order valence-electron chi connectivity index (χ4n) is 2.69. The molecule has 0 radical (unpaired) electrons. The Morgan fingerprint density at radius 2 is 1.90 bits per heavy atom. The molecule has 1 aromatic rings. The lowest BCUT2D eigenvalue weighted by molar-refractivity contribution is 0.140. The third kappa shape index (κ3) is 3.71. The molecule has 5 heteroatoms. The zero-order valence-electron chi connectivity index (χ0n) is 12.3. The van der Waals surface area contributed by atoms with Crippen molar-refractivity contribution in [2.24, 2.45) is 10.9 Å². The molecule has 0 amide bonds. The maximum atomic E-state index is 8.64. The molecule has 20 heavy (non-hydrogen) atoms. The van der Waals surface area contributed by atoms with Crippen molar-refractivity contribution < 1.29 is 5.21 Å². The third-order valence-electron chi connectivity index (χ3n) is 4.05. The van der Waals surface area contributed by atoms with E-state index in [1.807, 2.05) is 24.3 Å². The highest BCUT2D eigenvalue weighted by molar-refractivity contribution is 5.96.